The maximum atomic E-state index is 12.8. The summed E-state index contributed by atoms with van der Waals surface area (Å²) in [6.45, 7) is 4.65. The van der Waals surface area contributed by atoms with E-state index in [1.165, 1.54) is 25.7 Å². The van der Waals surface area contributed by atoms with Gasteiger partial charge in [0.25, 0.3) is 0 Å². The lowest BCUT2D eigenvalue weighted by Crippen LogP contribution is -2.50. The molecule has 1 aromatic rings. The summed E-state index contributed by atoms with van der Waals surface area (Å²) >= 11 is 12.2. The van der Waals surface area contributed by atoms with Crippen LogP contribution in [-0.2, 0) is 9.59 Å². The predicted octanol–water partition coefficient (Wildman–Crippen LogP) is 3.15. The molecule has 0 radical (unpaired) electrons. The topological polar surface area (TPSA) is 69.9 Å². The van der Waals surface area contributed by atoms with Crippen molar-refractivity contribution in [3.8, 4) is 0 Å². The van der Waals surface area contributed by atoms with E-state index < -0.39 is 11.9 Å². The number of carbonyl (C=O) groups excluding carboxylic acids is 2. The fourth-order valence-corrected chi connectivity index (χ4v) is 5.09. The van der Waals surface area contributed by atoms with Crippen LogP contribution in [0.25, 0.3) is 0 Å². The molecule has 30 heavy (non-hydrogen) atoms. The van der Waals surface area contributed by atoms with E-state index in [9.17, 15) is 9.59 Å². The van der Waals surface area contributed by atoms with Gasteiger partial charge in [-0.15, -0.1) is 0 Å². The molecule has 0 unspecified atom stereocenters. The Kier molecular flexibility index (Phi) is 6.47. The molecule has 4 rings (SSSR count). The van der Waals surface area contributed by atoms with Crippen LogP contribution in [-0.4, -0.2) is 66.9 Å². The van der Waals surface area contributed by atoms with Gasteiger partial charge in [0.05, 0.1) is 10.0 Å². The molecule has 2 saturated heterocycles. The number of hydrogen-bond donors (Lipinski definition) is 1. The zero-order chi connectivity index (χ0) is 21.3. The number of carbonyl (C=O) groups is 2. The average molecular weight is 453 g/mol. The molecule has 6 nitrogen and oxygen atoms in total. The summed E-state index contributed by atoms with van der Waals surface area (Å²) in [6, 6.07) is 4.94. The summed E-state index contributed by atoms with van der Waals surface area (Å²) in [5, 5.41) is 0.998. The Labute approximate surface area is 188 Å². The lowest BCUT2D eigenvalue weighted by molar-refractivity contribution is -0.139. The van der Waals surface area contributed by atoms with E-state index in [0.717, 1.165) is 25.3 Å². The maximum absolute atomic E-state index is 12.8. The minimum absolute atomic E-state index is 0.0167. The summed E-state index contributed by atoms with van der Waals surface area (Å²) in [5.41, 5.74) is 7.30. The van der Waals surface area contributed by atoms with E-state index in [4.69, 9.17) is 28.9 Å². The third-order valence-electron chi connectivity index (χ3n) is 7.09. The predicted molar refractivity (Wildman–Crippen MR) is 120 cm³/mol. The number of hydrogen-bond acceptors (Lipinski definition) is 4. The zero-order valence-corrected chi connectivity index (χ0v) is 18.8. The minimum Gasteiger partial charge on any atom is -0.369 e. The summed E-state index contributed by atoms with van der Waals surface area (Å²) < 4.78 is 0. The van der Waals surface area contributed by atoms with Crippen LogP contribution in [0.15, 0.2) is 18.2 Å². The summed E-state index contributed by atoms with van der Waals surface area (Å²) in [4.78, 5) is 31.3. The molecule has 2 N–H and O–H groups in total. The molecule has 8 heteroatoms. The standard InChI is InChI=1S/C22H30Cl2N4O2/c23-17-2-1-16(15-18(17)24)27-10-4-20(29)28(14-13-27)19(21(25)30)3-9-26-11-7-22(5-6-22)8-12-26/h1-2,15,19H,3-14H2,(H2,25,30)/t19-/m0/s1. The zero-order valence-electron chi connectivity index (χ0n) is 17.3. The molecule has 3 fully saturated rings. The number of amides is 2. The van der Waals surface area contributed by atoms with Gasteiger partial charge in [-0.3, -0.25) is 9.59 Å². The van der Waals surface area contributed by atoms with Crippen molar-refractivity contribution in [1.29, 1.82) is 0 Å². The highest BCUT2D eigenvalue weighted by atomic mass is 35.5. The summed E-state index contributed by atoms with van der Waals surface area (Å²) in [7, 11) is 0. The Hall–Kier alpha value is -1.50. The number of rotatable bonds is 6. The van der Waals surface area contributed by atoms with E-state index in [2.05, 4.69) is 9.80 Å². The van der Waals surface area contributed by atoms with Crippen molar-refractivity contribution in [3.63, 3.8) is 0 Å². The van der Waals surface area contributed by atoms with E-state index >= 15 is 0 Å². The van der Waals surface area contributed by atoms with Gasteiger partial charge in [0, 0.05) is 38.3 Å². The van der Waals surface area contributed by atoms with Crippen LogP contribution in [0.5, 0.6) is 0 Å². The maximum Gasteiger partial charge on any atom is 0.240 e. The van der Waals surface area contributed by atoms with Gasteiger partial charge in [-0.2, -0.15) is 0 Å². The van der Waals surface area contributed by atoms with Gasteiger partial charge in [-0.05, 0) is 68.8 Å². The van der Waals surface area contributed by atoms with E-state index in [0.29, 0.717) is 47.9 Å². The van der Waals surface area contributed by atoms with Crippen molar-refractivity contribution < 1.29 is 9.59 Å². The molecule has 2 heterocycles. The normalized spacial score (nSPS) is 22.8. The molecular weight excluding hydrogens is 423 g/mol. The van der Waals surface area contributed by atoms with Crippen LogP contribution in [0.1, 0.15) is 38.5 Å². The number of halogens is 2. The Morgan fingerprint density at radius 2 is 1.77 bits per heavy atom. The van der Waals surface area contributed by atoms with Crippen LogP contribution in [0.2, 0.25) is 10.0 Å². The van der Waals surface area contributed by atoms with Crippen molar-refractivity contribution in [2.24, 2.45) is 11.1 Å². The number of anilines is 1. The van der Waals surface area contributed by atoms with Crippen LogP contribution in [0.4, 0.5) is 5.69 Å². The molecule has 2 amide bonds. The van der Waals surface area contributed by atoms with Gasteiger partial charge in [0.1, 0.15) is 6.04 Å². The summed E-state index contributed by atoms with van der Waals surface area (Å²) in [6.07, 6.45) is 6.22. The first-order valence-electron chi connectivity index (χ1n) is 10.9. The lowest BCUT2D eigenvalue weighted by atomic mass is 9.93. The van der Waals surface area contributed by atoms with Crippen molar-refractivity contribution >= 4 is 40.7 Å². The molecule has 164 valence electrons. The van der Waals surface area contributed by atoms with Crippen molar-refractivity contribution in [2.75, 3.05) is 44.2 Å². The smallest absolute Gasteiger partial charge is 0.240 e. The molecule has 1 aromatic carbocycles. The van der Waals surface area contributed by atoms with Crippen molar-refractivity contribution in [3.05, 3.63) is 28.2 Å². The monoisotopic (exact) mass is 452 g/mol. The Balaban J connectivity index is 1.37. The van der Waals surface area contributed by atoms with Gasteiger partial charge >= 0.3 is 0 Å². The van der Waals surface area contributed by atoms with Crippen molar-refractivity contribution in [1.82, 2.24) is 9.80 Å². The van der Waals surface area contributed by atoms with Crippen LogP contribution >= 0.6 is 23.2 Å². The molecule has 1 atom stereocenters. The quantitative estimate of drug-likeness (QED) is 0.719. The van der Waals surface area contributed by atoms with E-state index in [1.54, 1.807) is 11.0 Å². The van der Waals surface area contributed by atoms with Crippen LogP contribution in [0, 0.1) is 5.41 Å². The first-order valence-corrected chi connectivity index (χ1v) is 11.6. The number of likely N-dealkylation sites (tertiary alicyclic amines) is 1. The average Bonchev–Trinajstić information content (AvgIpc) is 3.50. The molecule has 1 saturated carbocycles. The van der Waals surface area contributed by atoms with E-state index in [-0.39, 0.29) is 5.91 Å². The first-order chi connectivity index (χ1) is 14.4. The van der Waals surface area contributed by atoms with Gasteiger partial charge in [-0.1, -0.05) is 23.2 Å². The molecule has 0 aromatic heterocycles. The molecular formula is C22H30Cl2N4O2. The molecule has 3 aliphatic rings. The number of piperidine rings is 1. The minimum atomic E-state index is -0.553. The first kappa shape index (κ1) is 21.7. The highest BCUT2D eigenvalue weighted by Crippen LogP contribution is 2.53. The molecule has 1 spiro atoms. The second kappa shape index (κ2) is 8.93. The third-order valence-corrected chi connectivity index (χ3v) is 7.83. The highest BCUT2D eigenvalue weighted by Gasteiger charge is 2.44. The number of nitrogens with zero attached hydrogens (tertiary/aromatic N) is 3. The van der Waals surface area contributed by atoms with E-state index in [1.807, 2.05) is 12.1 Å². The van der Waals surface area contributed by atoms with Gasteiger partial charge in [0.15, 0.2) is 0 Å². The van der Waals surface area contributed by atoms with Gasteiger partial charge in [-0.25, -0.2) is 0 Å². The second-order valence-corrected chi connectivity index (χ2v) is 9.79. The van der Waals surface area contributed by atoms with Crippen LogP contribution < -0.4 is 10.6 Å². The Bertz CT molecular complexity index is 804. The number of primary amides is 1. The number of nitrogens with two attached hydrogens (primary N) is 1. The third kappa shape index (κ3) is 4.87. The van der Waals surface area contributed by atoms with Gasteiger partial charge < -0.3 is 20.4 Å². The van der Waals surface area contributed by atoms with Crippen molar-refractivity contribution in [2.45, 2.75) is 44.6 Å². The lowest BCUT2D eigenvalue weighted by Gasteiger charge is -2.34. The second-order valence-electron chi connectivity index (χ2n) is 8.97. The number of benzene rings is 1. The molecule has 2 aliphatic heterocycles. The summed E-state index contributed by atoms with van der Waals surface area (Å²) in [5.74, 6) is -0.432. The fraction of sp³-hybridized carbons (Fsp3) is 0.636. The Morgan fingerprint density at radius 3 is 2.40 bits per heavy atom. The SMILES string of the molecule is NC(=O)[C@H](CCN1CCC2(CC1)CC2)N1CCN(c2ccc(Cl)c(Cl)c2)CCC1=O. The largest absolute Gasteiger partial charge is 0.369 e. The molecule has 1 aliphatic carbocycles. The highest BCUT2D eigenvalue weighted by molar-refractivity contribution is 6.42. The van der Waals surface area contributed by atoms with Gasteiger partial charge in [0.2, 0.25) is 11.8 Å². The Morgan fingerprint density at radius 1 is 1.03 bits per heavy atom. The molecule has 0 bridgehead atoms. The van der Waals surface area contributed by atoms with Crippen LogP contribution in [0.3, 0.4) is 0 Å². The fourth-order valence-electron chi connectivity index (χ4n) is 4.79.